The Hall–Kier alpha value is -3.72. The van der Waals surface area contributed by atoms with Crippen LogP contribution in [-0.2, 0) is 16.8 Å². The molecule has 0 unspecified atom stereocenters. The van der Waals surface area contributed by atoms with Gasteiger partial charge in [0.2, 0.25) is 11.8 Å². The minimum atomic E-state index is -0.280. The maximum Gasteiger partial charge on any atom is 0.322 e. The average Bonchev–Trinajstić information content (AvgIpc) is 3.45. The Morgan fingerprint density at radius 2 is 1.76 bits per heavy atom. The summed E-state index contributed by atoms with van der Waals surface area (Å²) in [6.07, 6.45) is 1.78. The minimum Gasteiger partial charge on any atom is -0.403 e. The third kappa shape index (κ3) is 5.43. The largest absolute Gasteiger partial charge is 0.403 e. The van der Waals surface area contributed by atoms with Crippen molar-refractivity contribution in [3.05, 3.63) is 72.8 Å². The van der Waals surface area contributed by atoms with Crippen molar-refractivity contribution in [3.63, 3.8) is 0 Å². The van der Waals surface area contributed by atoms with Crippen molar-refractivity contribution in [2.45, 2.75) is 37.9 Å². The van der Waals surface area contributed by atoms with Crippen LogP contribution >= 0.6 is 11.8 Å². The zero-order chi connectivity index (χ0) is 24.1. The molecular weight excluding hydrogens is 448 g/mol. The lowest BCUT2D eigenvalue weighted by Gasteiger charge is -2.19. The van der Waals surface area contributed by atoms with Gasteiger partial charge in [0.15, 0.2) is 11.0 Å². The molecule has 34 heavy (non-hydrogen) atoms. The topological polar surface area (TPSA) is 98.7 Å². The zero-order valence-electron chi connectivity index (χ0n) is 19.4. The Balaban J connectivity index is 1.43. The lowest BCUT2D eigenvalue weighted by atomic mass is 9.87. The van der Waals surface area contributed by atoms with E-state index in [0.717, 1.165) is 17.0 Å². The van der Waals surface area contributed by atoms with E-state index >= 15 is 0 Å². The summed E-state index contributed by atoms with van der Waals surface area (Å²) in [4.78, 5) is 12.5. The second-order valence-electron chi connectivity index (χ2n) is 8.65. The van der Waals surface area contributed by atoms with Crippen LogP contribution in [0.25, 0.3) is 22.8 Å². The molecule has 174 valence electrons. The predicted octanol–water partition coefficient (Wildman–Crippen LogP) is 5.21. The molecule has 0 fully saturated rings. The van der Waals surface area contributed by atoms with E-state index in [9.17, 15) is 4.79 Å². The SMILES string of the molecule is C=CCn1c(SCC(=O)Nc2nnc(-c3ccccc3)o2)nnc1-c1ccc(C(C)(C)C)cc1. The van der Waals surface area contributed by atoms with Crippen LogP contribution in [-0.4, -0.2) is 36.6 Å². The first-order valence-corrected chi connectivity index (χ1v) is 11.8. The molecule has 0 spiro atoms. The Morgan fingerprint density at radius 3 is 2.44 bits per heavy atom. The van der Waals surface area contributed by atoms with Crippen molar-refractivity contribution >= 4 is 23.7 Å². The summed E-state index contributed by atoms with van der Waals surface area (Å²) in [5, 5.41) is 19.8. The van der Waals surface area contributed by atoms with Crippen molar-refractivity contribution in [1.82, 2.24) is 25.0 Å². The van der Waals surface area contributed by atoms with Gasteiger partial charge < -0.3 is 4.42 Å². The Kier molecular flexibility index (Phi) is 6.93. The normalized spacial score (nSPS) is 11.4. The number of nitrogens with zero attached hydrogens (tertiary/aromatic N) is 5. The van der Waals surface area contributed by atoms with Crippen LogP contribution in [0.5, 0.6) is 0 Å². The molecule has 0 aliphatic rings. The molecule has 2 heterocycles. The fourth-order valence-corrected chi connectivity index (χ4v) is 4.03. The van der Waals surface area contributed by atoms with E-state index in [1.165, 1.54) is 17.3 Å². The monoisotopic (exact) mass is 474 g/mol. The van der Waals surface area contributed by atoms with Gasteiger partial charge in [-0.2, -0.15) is 0 Å². The smallest absolute Gasteiger partial charge is 0.322 e. The maximum atomic E-state index is 12.5. The molecular formula is C25H26N6O2S. The highest BCUT2D eigenvalue weighted by molar-refractivity contribution is 7.99. The fourth-order valence-electron chi connectivity index (χ4n) is 3.28. The van der Waals surface area contributed by atoms with Gasteiger partial charge in [-0.05, 0) is 23.1 Å². The molecule has 0 saturated heterocycles. The van der Waals surface area contributed by atoms with Gasteiger partial charge in [0.1, 0.15) is 0 Å². The highest BCUT2D eigenvalue weighted by atomic mass is 32.2. The van der Waals surface area contributed by atoms with Crippen LogP contribution in [0.1, 0.15) is 26.3 Å². The first kappa shape index (κ1) is 23.4. The lowest BCUT2D eigenvalue weighted by Crippen LogP contribution is -2.15. The van der Waals surface area contributed by atoms with Gasteiger partial charge in [0.05, 0.1) is 5.75 Å². The van der Waals surface area contributed by atoms with Gasteiger partial charge in [0.25, 0.3) is 0 Å². The van der Waals surface area contributed by atoms with Crippen molar-refractivity contribution in [3.8, 4) is 22.8 Å². The summed E-state index contributed by atoms with van der Waals surface area (Å²) in [5.74, 6) is 0.906. The number of allylic oxidation sites excluding steroid dienone is 1. The molecule has 0 aliphatic heterocycles. The number of carbonyl (C=O) groups excluding carboxylic acids is 1. The Bertz CT molecular complexity index is 1270. The Morgan fingerprint density at radius 1 is 1.03 bits per heavy atom. The highest BCUT2D eigenvalue weighted by Crippen LogP contribution is 2.28. The quantitative estimate of drug-likeness (QED) is 0.276. The molecule has 4 rings (SSSR count). The van der Waals surface area contributed by atoms with Crippen molar-refractivity contribution in [1.29, 1.82) is 0 Å². The highest BCUT2D eigenvalue weighted by Gasteiger charge is 2.18. The summed E-state index contributed by atoms with van der Waals surface area (Å²) >= 11 is 1.28. The standard InChI is InChI=1S/C25H26N6O2S/c1-5-15-31-21(17-11-13-19(14-12-17)25(2,3)4)27-30-24(31)34-16-20(32)26-23-29-28-22(33-23)18-9-7-6-8-10-18/h5-14H,1,15-16H2,2-4H3,(H,26,29,32). The first-order chi connectivity index (χ1) is 16.3. The number of thioether (sulfide) groups is 1. The number of carbonyl (C=O) groups is 1. The van der Waals surface area contributed by atoms with Gasteiger partial charge in [-0.1, -0.05) is 86.2 Å². The molecule has 8 nitrogen and oxygen atoms in total. The Labute approximate surface area is 202 Å². The molecule has 1 amide bonds. The second-order valence-corrected chi connectivity index (χ2v) is 9.59. The molecule has 4 aromatic rings. The van der Waals surface area contributed by atoms with Gasteiger partial charge in [-0.15, -0.1) is 21.9 Å². The number of rotatable bonds is 8. The zero-order valence-corrected chi connectivity index (χ0v) is 20.2. The number of hydrogen-bond acceptors (Lipinski definition) is 7. The van der Waals surface area contributed by atoms with E-state index in [0.29, 0.717) is 17.6 Å². The van der Waals surface area contributed by atoms with Crippen LogP contribution in [0, 0.1) is 0 Å². The van der Waals surface area contributed by atoms with E-state index in [1.807, 2.05) is 47.0 Å². The van der Waals surface area contributed by atoms with E-state index in [2.05, 4.69) is 65.2 Å². The van der Waals surface area contributed by atoms with Crippen molar-refractivity contribution in [2.75, 3.05) is 11.1 Å². The fraction of sp³-hybridized carbons (Fsp3) is 0.240. The number of hydrogen-bond donors (Lipinski definition) is 1. The summed E-state index contributed by atoms with van der Waals surface area (Å²) in [6, 6.07) is 17.7. The van der Waals surface area contributed by atoms with E-state index in [4.69, 9.17) is 4.42 Å². The first-order valence-electron chi connectivity index (χ1n) is 10.8. The van der Waals surface area contributed by atoms with Gasteiger partial charge in [-0.3, -0.25) is 14.7 Å². The van der Waals surface area contributed by atoms with Gasteiger partial charge >= 0.3 is 6.01 Å². The number of anilines is 1. The summed E-state index contributed by atoms with van der Waals surface area (Å²) in [6.45, 7) is 10.9. The molecule has 1 N–H and O–H groups in total. The van der Waals surface area contributed by atoms with Gasteiger partial charge in [-0.25, -0.2) is 0 Å². The summed E-state index contributed by atoms with van der Waals surface area (Å²) < 4.78 is 7.48. The summed E-state index contributed by atoms with van der Waals surface area (Å²) in [7, 11) is 0. The predicted molar refractivity (Wildman–Crippen MR) is 133 cm³/mol. The van der Waals surface area contributed by atoms with Crippen LogP contribution in [0.2, 0.25) is 0 Å². The number of benzene rings is 2. The van der Waals surface area contributed by atoms with Crippen LogP contribution in [0.15, 0.2) is 76.8 Å². The number of amides is 1. The molecule has 2 aromatic carbocycles. The van der Waals surface area contributed by atoms with Gasteiger partial charge in [0, 0.05) is 17.7 Å². The summed E-state index contributed by atoms with van der Waals surface area (Å²) in [5.41, 5.74) is 3.05. The molecule has 2 aromatic heterocycles. The third-order valence-corrected chi connectivity index (χ3v) is 6.03. The van der Waals surface area contributed by atoms with E-state index in [-0.39, 0.29) is 23.1 Å². The second kappa shape index (κ2) is 10.0. The van der Waals surface area contributed by atoms with Crippen molar-refractivity contribution < 1.29 is 9.21 Å². The molecule has 0 radical (unpaired) electrons. The molecule has 0 atom stereocenters. The van der Waals surface area contributed by atoms with E-state index < -0.39 is 0 Å². The molecule has 0 aliphatic carbocycles. The lowest BCUT2D eigenvalue weighted by molar-refractivity contribution is -0.113. The van der Waals surface area contributed by atoms with Crippen LogP contribution in [0.3, 0.4) is 0 Å². The van der Waals surface area contributed by atoms with Crippen LogP contribution < -0.4 is 5.32 Å². The van der Waals surface area contributed by atoms with Crippen molar-refractivity contribution in [2.24, 2.45) is 0 Å². The molecule has 0 bridgehead atoms. The number of aromatic nitrogens is 5. The number of nitrogens with one attached hydrogen (secondary N) is 1. The molecule has 0 saturated carbocycles. The third-order valence-electron chi connectivity index (χ3n) is 5.06. The van der Waals surface area contributed by atoms with Crippen LogP contribution in [0.4, 0.5) is 6.01 Å². The maximum absolute atomic E-state index is 12.5. The van der Waals surface area contributed by atoms with E-state index in [1.54, 1.807) is 6.08 Å². The average molecular weight is 475 g/mol. The minimum absolute atomic E-state index is 0.0524. The molecule has 9 heteroatoms.